The molecule has 0 aliphatic heterocycles. The van der Waals surface area contributed by atoms with Crippen LogP contribution < -0.4 is 0 Å². The summed E-state index contributed by atoms with van der Waals surface area (Å²) in [6, 6.07) is 13.9. The van der Waals surface area contributed by atoms with Crippen molar-refractivity contribution >= 4 is 0 Å². The first-order valence-corrected chi connectivity index (χ1v) is 5.07. The molecule has 16 heavy (non-hydrogen) atoms. The van der Waals surface area contributed by atoms with E-state index in [9.17, 15) is 0 Å². The number of benzene rings is 1. The van der Waals surface area contributed by atoms with Gasteiger partial charge in [0.25, 0.3) is 0 Å². The average Bonchev–Trinajstić information content (AvgIpc) is 2.33. The van der Waals surface area contributed by atoms with E-state index in [1.54, 1.807) is 0 Å². The number of aryl methyl sites for hydroxylation is 1. The minimum Gasteiger partial charge on any atom is -0.198 e. The van der Waals surface area contributed by atoms with E-state index in [0.717, 1.165) is 22.5 Å². The van der Waals surface area contributed by atoms with E-state index in [4.69, 9.17) is 5.26 Å². The van der Waals surface area contributed by atoms with E-state index < -0.39 is 0 Å². The molecule has 2 rings (SSSR count). The van der Waals surface area contributed by atoms with Gasteiger partial charge >= 0.3 is 0 Å². The lowest BCUT2D eigenvalue weighted by Gasteiger charge is -2.03. The lowest BCUT2D eigenvalue weighted by Crippen LogP contribution is -1.97. The Bertz CT molecular complexity index is 527. The first kappa shape index (κ1) is 10.3. The zero-order chi connectivity index (χ0) is 11.4. The second-order valence-corrected chi connectivity index (χ2v) is 3.56. The fourth-order valence-corrected chi connectivity index (χ4v) is 1.51. The van der Waals surface area contributed by atoms with E-state index in [1.807, 2.05) is 43.3 Å². The molecule has 2 aromatic rings. The quantitative estimate of drug-likeness (QED) is 0.763. The molecule has 0 amide bonds. The molecule has 0 saturated carbocycles. The molecular weight excluding hydrogens is 198 g/mol. The van der Waals surface area contributed by atoms with Gasteiger partial charge in [-0.1, -0.05) is 30.3 Å². The molecule has 0 atom stereocenters. The normalized spacial score (nSPS) is 9.75. The Balaban J connectivity index is 2.39. The van der Waals surface area contributed by atoms with Crippen LogP contribution in [-0.2, 0) is 6.42 Å². The highest BCUT2D eigenvalue weighted by molar-refractivity contribution is 5.59. The van der Waals surface area contributed by atoms with Gasteiger partial charge in [0.2, 0.25) is 0 Å². The van der Waals surface area contributed by atoms with Gasteiger partial charge in [0.15, 0.2) is 0 Å². The van der Waals surface area contributed by atoms with Crippen LogP contribution in [0.2, 0.25) is 0 Å². The highest BCUT2D eigenvalue weighted by Crippen LogP contribution is 2.17. The summed E-state index contributed by atoms with van der Waals surface area (Å²) in [6.07, 6.45) is 0.313. The average molecular weight is 209 g/mol. The zero-order valence-electron chi connectivity index (χ0n) is 9.01. The van der Waals surface area contributed by atoms with Crippen LogP contribution in [0.1, 0.15) is 11.3 Å². The van der Waals surface area contributed by atoms with Gasteiger partial charge in [0.05, 0.1) is 23.9 Å². The Kier molecular flexibility index (Phi) is 2.93. The highest BCUT2D eigenvalue weighted by atomic mass is 15.1. The Morgan fingerprint density at radius 2 is 1.94 bits per heavy atom. The van der Waals surface area contributed by atoms with Crippen LogP contribution in [-0.4, -0.2) is 10.2 Å². The molecule has 0 N–H and O–H groups in total. The van der Waals surface area contributed by atoms with Gasteiger partial charge < -0.3 is 0 Å². The van der Waals surface area contributed by atoms with Crippen molar-refractivity contribution in [2.45, 2.75) is 13.3 Å². The summed E-state index contributed by atoms with van der Waals surface area (Å²) in [5, 5.41) is 16.8. The zero-order valence-corrected chi connectivity index (χ0v) is 9.01. The molecule has 0 saturated heterocycles. The molecule has 0 aliphatic rings. The van der Waals surface area contributed by atoms with Gasteiger partial charge in [0.1, 0.15) is 0 Å². The van der Waals surface area contributed by atoms with Crippen LogP contribution >= 0.6 is 0 Å². The van der Waals surface area contributed by atoms with E-state index in [2.05, 4.69) is 16.3 Å². The molecule has 0 spiro atoms. The number of nitriles is 1. The maximum absolute atomic E-state index is 8.61. The fourth-order valence-electron chi connectivity index (χ4n) is 1.51. The summed E-state index contributed by atoms with van der Waals surface area (Å²) in [6.45, 7) is 1.95. The molecule has 1 heterocycles. The third kappa shape index (κ3) is 2.06. The van der Waals surface area contributed by atoms with Crippen molar-refractivity contribution < 1.29 is 0 Å². The van der Waals surface area contributed by atoms with Crippen LogP contribution in [0.4, 0.5) is 0 Å². The summed E-state index contributed by atoms with van der Waals surface area (Å²) in [7, 11) is 0. The molecule has 1 aromatic carbocycles. The van der Waals surface area contributed by atoms with Gasteiger partial charge in [-0.05, 0) is 18.6 Å². The lowest BCUT2D eigenvalue weighted by molar-refractivity contribution is 0.938. The van der Waals surface area contributed by atoms with Crippen molar-refractivity contribution in [3.8, 4) is 17.3 Å². The third-order valence-electron chi connectivity index (χ3n) is 2.40. The predicted octanol–water partition coefficient (Wildman–Crippen LogP) is 2.52. The van der Waals surface area contributed by atoms with Gasteiger partial charge in [-0.15, -0.1) is 0 Å². The molecule has 0 unspecified atom stereocenters. The molecule has 78 valence electrons. The Morgan fingerprint density at radius 3 is 2.56 bits per heavy atom. The number of hydrogen-bond donors (Lipinski definition) is 0. The number of aromatic nitrogens is 2. The van der Waals surface area contributed by atoms with Crippen molar-refractivity contribution in [2.24, 2.45) is 0 Å². The van der Waals surface area contributed by atoms with Gasteiger partial charge in [-0.25, -0.2) is 0 Å². The third-order valence-corrected chi connectivity index (χ3v) is 2.40. The summed E-state index contributed by atoms with van der Waals surface area (Å²) in [4.78, 5) is 0. The lowest BCUT2D eigenvalue weighted by atomic mass is 10.1. The van der Waals surface area contributed by atoms with Crippen molar-refractivity contribution in [1.82, 2.24) is 10.2 Å². The Labute approximate surface area is 94.4 Å². The number of hydrogen-bond acceptors (Lipinski definition) is 3. The van der Waals surface area contributed by atoms with Crippen molar-refractivity contribution in [1.29, 1.82) is 5.26 Å². The van der Waals surface area contributed by atoms with E-state index in [0.29, 0.717) is 6.42 Å². The number of nitrogens with zero attached hydrogens (tertiary/aromatic N) is 3. The van der Waals surface area contributed by atoms with Crippen molar-refractivity contribution in [2.75, 3.05) is 0 Å². The van der Waals surface area contributed by atoms with Gasteiger partial charge in [0, 0.05) is 5.56 Å². The maximum atomic E-state index is 8.61. The summed E-state index contributed by atoms with van der Waals surface area (Å²) >= 11 is 0. The fraction of sp³-hybridized carbons (Fsp3) is 0.154. The standard InChI is InChI=1S/C13H11N3/c1-10-9-13(11-5-3-2-4-6-11)16-15-12(10)7-8-14/h2-6,9H,7H2,1H3. The first-order chi connectivity index (χ1) is 7.81. The monoisotopic (exact) mass is 209 g/mol. The van der Waals surface area contributed by atoms with Crippen LogP contribution in [0, 0.1) is 18.3 Å². The van der Waals surface area contributed by atoms with Crippen LogP contribution in [0.3, 0.4) is 0 Å². The van der Waals surface area contributed by atoms with Gasteiger partial charge in [-0.3, -0.25) is 0 Å². The molecule has 3 heteroatoms. The SMILES string of the molecule is Cc1cc(-c2ccccc2)nnc1CC#N. The van der Waals surface area contributed by atoms with E-state index in [-0.39, 0.29) is 0 Å². The molecule has 1 aromatic heterocycles. The van der Waals surface area contributed by atoms with Crippen LogP contribution in [0.15, 0.2) is 36.4 Å². The smallest absolute Gasteiger partial charge is 0.0932 e. The largest absolute Gasteiger partial charge is 0.198 e. The summed E-state index contributed by atoms with van der Waals surface area (Å²) < 4.78 is 0. The predicted molar refractivity (Wildman–Crippen MR) is 61.5 cm³/mol. The molecule has 0 bridgehead atoms. The Morgan fingerprint density at radius 1 is 1.19 bits per heavy atom. The molecule has 0 radical (unpaired) electrons. The molecule has 0 aliphatic carbocycles. The summed E-state index contributed by atoms with van der Waals surface area (Å²) in [5.41, 5.74) is 3.65. The summed E-state index contributed by atoms with van der Waals surface area (Å²) in [5.74, 6) is 0. The second kappa shape index (κ2) is 4.54. The number of rotatable bonds is 2. The van der Waals surface area contributed by atoms with Crippen LogP contribution in [0.25, 0.3) is 11.3 Å². The molecule has 3 nitrogen and oxygen atoms in total. The van der Waals surface area contributed by atoms with Crippen molar-refractivity contribution in [3.63, 3.8) is 0 Å². The molecular formula is C13H11N3. The van der Waals surface area contributed by atoms with Crippen LogP contribution in [0.5, 0.6) is 0 Å². The van der Waals surface area contributed by atoms with E-state index in [1.165, 1.54) is 0 Å². The van der Waals surface area contributed by atoms with E-state index >= 15 is 0 Å². The highest BCUT2D eigenvalue weighted by Gasteiger charge is 2.04. The maximum Gasteiger partial charge on any atom is 0.0932 e. The molecule has 0 fully saturated rings. The van der Waals surface area contributed by atoms with Crippen molar-refractivity contribution in [3.05, 3.63) is 47.7 Å². The second-order valence-electron chi connectivity index (χ2n) is 3.56. The minimum atomic E-state index is 0.313. The Hall–Kier alpha value is -2.21. The van der Waals surface area contributed by atoms with Gasteiger partial charge in [-0.2, -0.15) is 15.5 Å². The minimum absolute atomic E-state index is 0.313. The topological polar surface area (TPSA) is 49.6 Å². The first-order valence-electron chi connectivity index (χ1n) is 5.07.